The topological polar surface area (TPSA) is 47.7 Å². The molecule has 118 valence electrons. The van der Waals surface area contributed by atoms with E-state index in [9.17, 15) is 0 Å². The summed E-state index contributed by atoms with van der Waals surface area (Å²) < 4.78 is 11.9. The summed E-state index contributed by atoms with van der Waals surface area (Å²) in [6, 6.07) is 0.494. The van der Waals surface area contributed by atoms with Crippen molar-refractivity contribution in [1.29, 1.82) is 0 Å². The van der Waals surface area contributed by atoms with E-state index in [-0.39, 0.29) is 11.1 Å². The quantitative estimate of drug-likeness (QED) is 0.859. The van der Waals surface area contributed by atoms with Gasteiger partial charge in [0.2, 0.25) is 0 Å². The Labute approximate surface area is 124 Å². The minimum absolute atomic E-state index is 0.0303. The van der Waals surface area contributed by atoms with Crippen LogP contribution in [0.15, 0.2) is 0 Å². The summed E-state index contributed by atoms with van der Waals surface area (Å²) in [5.41, 5.74) is 6.32. The van der Waals surface area contributed by atoms with E-state index in [0.717, 1.165) is 52.0 Å². The number of nitrogens with two attached hydrogens (primary N) is 1. The van der Waals surface area contributed by atoms with Crippen molar-refractivity contribution in [2.75, 3.05) is 26.3 Å². The van der Waals surface area contributed by atoms with Gasteiger partial charge in [-0.2, -0.15) is 0 Å². The molecule has 0 amide bonds. The number of morpholine rings is 1. The van der Waals surface area contributed by atoms with Crippen molar-refractivity contribution in [2.45, 2.75) is 76.7 Å². The van der Waals surface area contributed by atoms with Gasteiger partial charge in [0.25, 0.3) is 0 Å². The van der Waals surface area contributed by atoms with Crippen molar-refractivity contribution in [2.24, 2.45) is 5.73 Å². The molecular formula is C16H32N2O2. The van der Waals surface area contributed by atoms with Gasteiger partial charge in [0.1, 0.15) is 0 Å². The minimum Gasteiger partial charge on any atom is -0.376 e. The van der Waals surface area contributed by atoms with Crippen LogP contribution in [0.2, 0.25) is 0 Å². The highest BCUT2D eigenvalue weighted by Gasteiger charge is 2.48. The van der Waals surface area contributed by atoms with Gasteiger partial charge >= 0.3 is 0 Å². The lowest BCUT2D eigenvalue weighted by Crippen LogP contribution is -2.67. The first kappa shape index (κ1) is 16.2. The highest BCUT2D eigenvalue weighted by Crippen LogP contribution is 2.40. The van der Waals surface area contributed by atoms with Gasteiger partial charge in [0.05, 0.1) is 18.3 Å². The molecule has 0 aromatic carbocycles. The maximum atomic E-state index is 6.27. The van der Waals surface area contributed by atoms with Crippen LogP contribution in [0.5, 0.6) is 0 Å². The molecule has 2 fully saturated rings. The van der Waals surface area contributed by atoms with E-state index in [1.54, 1.807) is 0 Å². The van der Waals surface area contributed by atoms with E-state index in [1.165, 1.54) is 0 Å². The molecule has 0 aliphatic carbocycles. The fourth-order valence-electron chi connectivity index (χ4n) is 3.85. The molecule has 0 spiro atoms. The Hall–Kier alpha value is -0.160. The Morgan fingerprint density at radius 3 is 2.70 bits per heavy atom. The van der Waals surface area contributed by atoms with E-state index in [0.29, 0.717) is 12.1 Å². The van der Waals surface area contributed by atoms with Gasteiger partial charge in [-0.25, -0.2) is 0 Å². The molecule has 0 radical (unpaired) electrons. The second-order valence-corrected chi connectivity index (χ2v) is 6.87. The van der Waals surface area contributed by atoms with Gasteiger partial charge in [-0.1, -0.05) is 13.8 Å². The normalized spacial score (nSPS) is 43.6. The van der Waals surface area contributed by atoms with Crippen LogP contribution >= 0.6 is 0 Å². The summed E-state index contributed by atoms with van der Waals surface area (Å²) >= 11 is 0. The third-order valence-electron chi connectivity index (χ3n) is 5.40. The minimum atomic E-state index is -0.0303. The molecule has 2 heterocycles. The molecule has 2 N–H and O–H groups in total. The van der Waals surface area contributed by atoms with E-state index >= 15 is 0 Å². The summed E-state index contributed by atoms with van der Waals surface area (Å²) in [6.07, 6.45) is 4.55. The van der Waals surface area contributed by atoms with Crippen molar-refractivity contribution >= 4 is 0 Å². The van der Waals surface area contributed by atoms with Crippen molar-refractivity contribution in [3.05, 3.63) is 0 Å². The van der Waals surface area contributed by atoms with Crippen LogP contribution in [-0.4, -0.2) is 54.5 Å². The SMILES string of the molecule is CCC1COC(C)CN1C1(CN)CCOC(C)(CC)C1. The fraction of sp³-hybridized carbons (Fsp3) is 1.00. The summed E-state index contributed by atoms with van der Waals surface area (Å²) in [6.45, 7) is 12.2. The lowest BCUT2D eigenvalue weighted by Gasteiger charge is -2.55. The Balaban J connectivity index is 2.23. The summed E-state index contributed by atoms with van der Waals surface area (Å²) in [7, 11) is 0. The zero-order valence-corrected chi connectivity index (χ0v) is 13.7. The zero-order valence-electron chi connectivity index (χ0n) is 13.7. The van der Waals surface area contributed by atoms with Gasteiger partial charge in [0, 0.05) is 31.3 Å². The number of ether oxygens (including phenoxy) is 2. The summed E-state index contributed by atoms with van der Waals surface area (Å²) in [5.74, 6) is 0. The van der Waals surface area contributed by atoms with Crippen LogP contribution in [-0.2, 0) is 9.47 Å². The predicted molar refractivity (Wildman–Crippen MR) is 81.9 cm³/mol. The summed E-state index contributed by atoms with van der Waals surface area (Å²) in [5, 5.41) is 0. The molecular weight excluding hydrogens is 252 g/mol. The van der Waals surface area contributed by atoms with Crippen molar-refractivity contribution in [3.63, 3.8) is 0 Å². The van der Waals surface area contributed by atoms with Crippen LogP contribution in [0, 0.1) is 0 Å². The summed E-state index contributed by atoms with van der Waals surface area (Å²) in [4.78, 5) is 2.65. The molecule has 2 aliphatic heterocycles. The van der Waals surface area contributed by atoms with Gasteiger partial charge in [-0.3, -0.25) is 4.90 Å². The molecule has 4 unspecified atom stereocenters. The molecule has 2 saturated heterocycles. The predicted octanol–water partition coefficient (Wildman–Crippen LogP) is 2.16. The zero-order chi connectivity index (χ0) is 14.8. The molecule has 20 heavy (non-hydrogen) atoms. The Bertz CT molecular complexity index is 326. The van der Waals surface area contributed by atoms with E-state index in [4.69, 9.17) is 15.2 Å². The van der Waals surface area contributed by atoms with Crippen LogP contribution in [0.4, 0.5) is 0 Å². The standard InChI is InChI=1S/C16H32N2O2/c1-5-14-10-19-13(3)9-18(14)16(12-17)7-8-20-15(4,6-2)11-16/h13-14H,5-12,17H2,1-4H3. The van der Waals surface area contributed by atoms with E-state index in [2.05, 4.69) is 32.6 Å². The molecule has 4 nitrogen and oxygen atoms in total. The molecule has 4 heteroatoms. The van der Waals surface area contributed by atoms with Gasteiger partial charge < -0.3 is 15.2 Å². The fourth-order valence-corrected chi connectivity index (χ4v) is 3.85. The number of hydrogen-bond donors (Lipinski definition) is 1. The molecule has 4 atom stereocenters. The van der Waals surface area contributed by atoms with Crippen molar-refractivity contribution in [3.8, 4) is 0 Å². The van der Waals surface area contributed by atoms with Gasteiger partial charge in [-0.15, -0.1) is 0 Å². The highest BCUT2D eigenvalue weighted by molar-refractivity contribution is 5.03. The Morgan fingerprint density at radius 2 is 2.10 bits per heavy atom. The maximum absolute atomic E-state index is 6.27. The molecule has 0 aromatic heterocycles. The Morgan fingerprint density at radius 1 is 1.35 bits per heavy atom. The van der Waals surface area contributed by atoms with E-state index in [1.807, 2.05) is 0 Å². The smallest absolute Gasteiger partial charge is 0.0675 e. The van der Waals surface area contributed by atoms with Crippen LogP contribution < -0.4 is 5.73 Å². The third-order valence-corrected chi connectivity index (χ3v) is 5.40. The second-order valence-electron chi connectivity index (χ2n) is 6.87. The first-order chi connectivity index (χ1) is 9.48. The van der Waals surface area contributed by atoms with Gasteiger partial charge in [0.15, 0.2) is 0 Å². The second kappa shape index (κ2) is 6.30. The first-order valence-electron chi connectivity index (χ1n) is 8.21. The molecule has 2 aliphatic rings. The van der Waals surface area contributed by atoms with Crippen molar-refractivity contribution < 1.29 is 9.47 Å². The molecule has 0 bridgehead atoms. The number of nitrogens with zero attached hydrogens (tertiary/aromatic N) is 1. The third kappa shape index (κ3) is 3.03. The van der Waals surface area contributed by atoms with E-state index < -0.39 is 0 Å². The monoisotopic (exact) mass is 284 g/mol. The average molecular weight is 284 g/mol. The van der Waals surface area contributed by atoms with Crippen LogP contribution in [0.25, 0.3) is 0 Å². The average Bonchev–Trinajstić information content (AvgIpc) is 2.47. The lowest BCUT2D eigenvalue weighted by atomic mass is 9.76. The van der Waals surface area contributed by atoms with Gasteiger partial charge in [-0.05, 0) is 39.5 Å². The number of rotatable bonds is 4. The lowest BCUT2D eigenvalue weighted by molar-refractivity contribution is -0.166. The first-order valence-corrected chi connectivity index (χ1v) is 8.21. The molecule has 0 saturated carbocycles. The highest BCUT2D eigenvalue weighted by atomic mass is 16.5. The Kier molecular flexibility index (Phi) is 5.11. The molecule has 2 rings (SSSR count). The maximum Gasteiger partial charge on any atom is 0.0675 e. The van der Waals surface area contributed by atoms with Crippen molar-refractivity contribution in [1.82, 2.24) is 4.90 Å². The largest absolute Gasteiger partial charge is 0.376 e. The van der Waals surface area contributed by atoms with Crippen LogP contribution in [0.3, 0.4) is 0 Å². The van der Waals surface area contributed by atoms with Crippen LogP contribution in [0.1, 0.15) is 53.4 Å². The molecule has 0 aromatic rings. The number of hydrogen-bond acceptors (Lipinski definition) is 4.